The zero-order chi connectivity index (χ0) is 22.9. The van der Waals surface area contributed by atoms with Gasteiger partial charge in [-0.25, -0.2) is 0 Å². The highest BCUT2D eigenvalue weighted by atomic mass is 16.5. The maximum absolute atomic E-state index is 5.48. The molecule has 34 heavy (non-hydrogen) atoms. The standard InChI is InChI=1S/C28H27N5O/c1-20-5-4-6-24(30-20)27-28(33-14-3-2-7-26(33)31-27)22-12-13-29-25(19-22)21-8-10-23(11-9-21)32-15-17-34-18-16-32/h2-14,19,27-28H,15-18H2,1H3. The minimum atomic E-state index is -0.0822. The molecule has 1 aromatic carbocycles. The molecule has 0 spiro atoms. The van der Waals surface area contributed by atoms with Gasteiger partial charge in [0.25, 0.3) is 0 Å². The van der Waals surface area contributed by atoms with Crippen molar-refractivity contribution in [3.63, 3.8) is 0 Å². The number of rotatable bonds is 4. The van der Waals surface area contributed by atoms with Gasteiger partial charge in [0.1, 0.15) is 11.9 Å². The monoisotopic (exact) mass is 449 g/mol. The van der Waals surface area contributed by atoms with E-state index >= 15 is 0 Å². The Balaban J connectivity index is 1.33. The number of hydrogen-bond acceptors (Lipinski definition) is 6. The molecule has 0 N–H and O–H groups in total. The number of pyridine rings is 2. The minimum Gasteiger partial charge on any atom is -0.378 e. The molecule has 2 unspecified atom stereocenters. The average Bonchev–Trinajstić information content (AvgIpc) is 3.29. The highest BCUT2D eigenvalue weighted by Crippen LogP contribution is 2.43. The minimum absolute atomic E-state index is 0.0277. The van der Waals surface area contributed by atoms with Crippen molar-refractivity contribution < 1.29 is 4.74 Å². The Morgan fingerprint density at radius 1 is 0.971 bits per heavy atom. The van der Waals surface area contributed by atoms with Crippen LogP contribution in [0.2, 0.25) is 0 Å². The maximum Gasteiger partial charge on any atom is 0.128 e. The van der Waals surface area contributed by atoms with Gasteiger partial charge in [-0.2, -0.15) is 0 Å². The molecule has 170 valence electrons. The number of fused-ring (bicyclic) bond motifs is 1. The number of aromatic nitrogens is 2. The number of benzene rings is 1. The molecule has 0 bridgehead atoms. The lowest BCUT2D eigenvalue weighted by Crippen LogP contribution is -2.36. The van der Waals surface area contributed by atoms with Gasteiger partial charge in [0.15, 0.2) is 0 Å². The van der Waals surface area contributed by atoms with E-state index < -0.39 is 0 Å². The van der Waals surface area contributed by atoms with Crippen LogP contribution in [0.15, 0.2) is 90.2 Å². The Morgan fingerprint density at radius 2 is 1.82 bits per heavy atom. The van der Waals surface area contributed by atoms with Gasteiger partial charge in [0.05, 0.1) is 30.6 Å². The lowest BCUT2D eigenvalue weighted by atomic mass is 9.95. The first-order valence-corrected chi connectivity index (χ1v) is 11.8. The zero-order valence-electron chi connectivity index (χ0n) is 19.2. The molecule has 3 aliphatic rings. The summed E-state index contributed by atoms with van der Waals surface area (Å²) in [5.41, 5.74) is 6.47. The van der Waals surface area contributed by atoms with Crippen LogP contribution in [0.3, 0.4) is 0 Å². The van der Waals surface area contributed by atoms with Gasteiger partial charge in [0, 0.05) is 42.4 Å². The summed E-state index contributed by atoms with van der Waals surface area (Å²) < 4.78 is 5.48. The number of aliphatic imine (C=N–C) groups is 1. The SMILES string of the molecule is Cc1cccc(C2N=C3C=CC=CN3C2c2ccnc(-c3ccc(N4CCOCC4)cc3)c2)n1. The molecule has 6 rings (SSSR count). The van der Waals surface area contributed by atoms with Crippen LogP contribution < -0.4 is 4.90 Å². The van der Waals surface area contributed by atoms with E-state index in [9.17, 15) is 0 Å². The molecular formula is C28H27N5O. The maximum atomic E-state index is 5.48. The van der Waals surface area contributed by atoms with Gasteiger partial charge >= 0.3 is 0 Å². The molecule has 6 nitrogen and oxygen atoms in total. The third-order valence-corrected chi connectivity index (χ3v) is 6.62. The normalized spacial score (nSPS) is 21.5. The molecule has 0 amide bonds. The van der Waals surface area contributed by atoms with Crippen LogP contribution in [0.5, 0.6) is 0 Å². The zero-order valence-corrected chi connectivity index (χ0v) is 19.2. The van der Waals surface area contributed by atoms with Gasteiger partial charge < -0.3 is 14.5 Å². The second-order valence-electron chi connectivity index (χ2n) is 8.81. The third-order valence-electron chi connectivity index (χ3n) is 6.62. The van der Waals surface area contributed by atoms with Gasteiger partial charge in [-0.05, 0) is 61.0 Å². The number of anilines is 1. The van der Waals surface area contributed by atoms with Crippen LogP contribution in [-0.4, -0.2) is 47.0 Å². The van der Waals surface area contributed by atoms with Gasteiger partial charge in [-0.15, -0.1) is 0 Å². The van der Waals surface area contributed by atoms with Gasteiger partial charge in [-0.1, -0.05) is 24.3 Å². The predicted octanol–water partition coefficient (Wildman–Crippen LogP) is 4.87. The van der Waals surface area contributed by atoms with Crippen molar-refractivity contribution in [2.24, 2.45) is 4.99 Å². The lowest BCUT2D eigenvalue weighted by molar-refractivity contribution is 0.122. The van der Waals surface area contributed by atoms with E-state index in [4.69, 9.17) is 19.7 Å². The summed E-state index contributed by atoms with van der Waals surface area (Å²) in [5.74, 6) is 0.967. The predicted molar refractivity (Wildman–Crippen MR) is 135 cm³/mol. The summed E-state index contributed by atoms with van der Waals surface area (Å²) in [6.45, 7) is 5.47. The van der Waals surface area contributed by atoms with Crippen molar-refractivity contribution in [3.8, 4) is 11.3 Å². The van der Waals surface area contributed by atoms with Crippen molar-refractivity contribution in [1.82, 2.24) is 14.9 Å². The van der Waals surface area contributed by atoms with Gasteiger partial charge in [-0.3, -0.25) is 15.0 Å². The Hall–Kier alpha value is -3.77. The molecular weight excluding hydrogens is 422 g/mol. The van der Waals surface area contributed by atoms with Crippen molar-refractivity contribution in [2.75, 3.05) is 31.2 Å². The number of aryl methyl sites for hydroxylation is 1. The number of nitrogens with zero attached hydrogens (tertiary/aromatic N) is 5. The van der Waals surface area contributed by atoms with Crippen LogP contribution in [0.4, 0.5) is 5.69 Å². The summed E-state index contributed by atoms with van der Waals surface area (Å²) in [7, 11) is 0. The largest absolute Gasteiger partial charge is 0.378 e. The highest BCUT2D eigenvalue weighted by molar-refractivity contribution is 5.97. The van der Waals surface area contributed by atoms with E-state index in [1.807, 2.05) is 25.3 Å². The molecule has 3 aromatic rings. The summed E-state index contributed by atoms with van der Waals surface area (Å²) in [4.78, 5) is 19.2. The fourth-order valence-electron chi connectivity index (χ4n) is 4.91. The molecule has 0 saturated carbocycles. The first-order valence-electron chi connectivity index (χ1n) is 11.8. The summed E-state index contributed by atoms with van der Waals surface area (Å²) >= 11 is 0. The lowest BCUT2D eigenvalue weighted by Gasteiger charge is -2.29. The molecule has 0 radical (unpaired) electrons. The quantitative estimate of drug-likeness (QED) is 0.569. The first kappa shape index (κ1) is 20.8. The fraction of sp³-hybridized carbons (Fsp3) is 0.250. The van der Waals surface area contributed by atoms with E-state index in [0.29, 0.717) is 0 Å². The number of ether oxygens (including phenoxy) is 1. The van der Waals surface area contributed by atoms with Crippen molar-refractivity contribution in [2.45, 2.75) is 19.0 Å². The molecule has 3 aliphatic heterocycles. The summed E-state index contributed by atoms with van der Waals surface area (Å²) in [5, 5.41) is 0. The fourth-order valence-corrected chi connectivity index (χ4v) is 4.91. The number of hydrogen-bond donors (Lipinski definition) is 0. The molecule has 6 heteroatoms. The van der Waals surface area contributed by atoms with Crippen molar-refractivity contribution >= 4 is 11.5 Å². The molecule has 0 aliphatic carbocycles. The Bertz CT molecular complexity index is 1270. The number of morpholine rings is 1. The Kier molecular flexibility index (Phi) is 5.43. The first-order chi connectivity index (χ1) is 16.8. The van der Waals surface area contributed by atoms with E-state index in [1.165, 1.54) is 11.3 Å². The summed E-state index contributed by atoms with van der Waals surface area (Å²) in [6, 6.07) is 19.1. The molecule has 1 fully saturated rings. The topological polar surface area (TPSA) is 53.9 Å². The Labute approximate surface area is 199 Å². The average molecular weight is 450 g/mol. The number of amidine groups is 1. The van der Waals surface area contributed by atoms with Gasteiger partial charge in [0.2, 0.25) is 0 Å². The van der Waals surface area contributed by atoms with Crippen LogP contribution in [0.1, 0.15) is 29.0 Å². The van der Waals surface area contributed by atoms with Crippen molar-refractivity contribution in [3.05, 3.63) is 102 Å². The van der Waals surface area contributed by atoms with E-state index in [0.717, 1.165) is 54.8 Å². The van der Waals surface area contributed by atoms with E-state index in [1.54, 1.807) is 0 Å². The second kappa shape index (κ2) is 8.88. The Morgan fingerprint density at radius 3 is 2.65 bits per heavy atom. The van der Waals surface area contributed by atoms with Crippen LogP contribution in [-0.2, 0) is 4.74 Å². The van der Waals surface area contributed by atoms with Crippen LogP contribution >= 0.6 is 0 Å². The van der Waals surface area contributed by atoms with Crippen molar-refractivity contribution in [1.29, 1.82) is 0 Å². The third kappa shape index (κ3) is 3.90. The molecule has 5 heterocycles. The van der Waals surface area contributed by atoms with Crippen LogP contribution in [0.25, 0.3) is 11.3 Å². The highest BCUT2D eigenvalue weighted by Gasteiger charge is 2.38. The number of allylic oxidation sites excluding steroid dienone is 2. The van der Waals surface area contributed by atoms with Crippen LogP contribution in [0, 0.1) is 6.92 Å². The van der Waals surface area contributed by atoms with E-state index in [2.05, 4.69) is 76.7 Å². The smallest absolute Gasteiger partial charge is 0.128 e. The second-order valence-corrected chi connectivity index (χ2v) is 8.81. The molecule has 2 aromatic heterocycles. The van der Waals surface area contributed by atoms with E-state index in [-0.39, 0.29) is 12.1 Å². The molecule has 1 saturated heterocycles. The summed E-state index contributed by atoms with van der Waals surface area (Å²) in [6.07, 6.45) is 10.2. The molecule has 2 atom stereocenters.